The number of fused-ring (bicyclic) bond motifs is 1. The lowest BCUT2D eigenvalue weighted by Gasteiger charge is -2.15. The molecule has 0 radical (unpaired) electrons. The maximum Gasteiger partial charge on any atom is 0.102 e. The van der Waals surface area contributed by atoms with Gasteiger partial charge in [-0.1, -0.05) is 18.2 Å². The quantitative estimate of drug-likeness (QED) is 0.782. The molecule has 0 aliphatic rings. The normalized spacial score (nSPS) is 11.8. The molecule has 3 aromatic rings. The summed E-state index contributed by atoms with van der Waals surface area (Å²) in [7, 11) is 0. The number of para-hydroxylation sites is 1. The van der Waals surface area contributed by atoms with Gasteiger partial charge in [-0.25, -0.2) is 0 Å². The highest BCUT2D eigenvalue weighted by Gasteiger charge is 2.18. The van der Waals surface area contributed by atoms with Gasteiger partial charge in [-0.05, 0) is 32.4 Å². The highest BCUT2D eigenvalue weighted by Crippen LogP contribution is 2.23. The van der Waals surface area contributed by atoms with Crippen LogP contribution in [0.25, 0.3) is 22.2 Å². The van der Waals surface area contributed by atoms with Crippen LogP contribution >= 0.6 is 0 Å². The van der Waals surface area contributed by atoms with Gasteiger partial charge >= 0.3 is 0 Å². The zero-order valence-corrected chi connectivity index (χ0v) is 12.3. The maximum absolute atomic E-state index is 9.91. The molecule has 4 heteroatoms. The number of rotatable bonds is 2. The van der Waals surface area contributed by atoms with Crippen LogP contribution in [0.2, 0.25) is 0 Å². The molecule has 0 aliphatic heterocycles. The van der Waals surface area contributed by atoms with Crippen LogP contribution in [-0.2, 0) is 5.60 Å². The Morgan fingerprint density at radius 2 is 1.81 bits per heavy atom. The van der Waals surface area contributed by atoms with Crippen LogP contribution in [0.5, 0.6) is 0 Å². The third kappa shape index (κ3) is 2.62. The van der Waals surface area contributed by atoms with E-state index >= 15 is 0 Å². The van der Waals surface area contributed by atoms with Crippen molar-refractivity contribution in [3.63, 3.8) is 0 Å². The highest BCUT2D eigenvalue weighted by atomic mass is 16.3. The second-order valence-corrected chi connectivity index (χ2v) is 5.72. The van der Waals surface area contributed by atoms with E-state index in [9.17, 15) is 5.11 Å². The molecule has 0 saturated heterocycles. The van der Waals surface area contributed by atoms with E-state index < -0.39 is 5.60 Å². The van der Waals surface area contributed by atoms with Crippen LogP contribution in [-0.4, -0.2) is 20.1 Å². The molecular weight excluding hydrogens is 262 g/mol. The topological polar surface area (TPSA) is 58.9 Å². The number of pyridine rings is 1. The molecule has 1 aromatic carbocycles. The third-order valence-electron chi connectivity index (χ3n) is 3.49. The van der Waals surface area contributed by atoms with Gasteiger partial charge in [0.25, 0.3) is 0 Å². The fourth-order valence-corrected chi connectivity index (χ4v) is 2.25. The minimum atomic E-state index is -0.982. The average Bonchev–Trinajstić information content (AvgIpc) is 2.46. The number of aryl methyl sites for hydroxylation is 1. The van der Waals surface area contributed by atoms with Crippen molar-refractivity contribution in [2.75, 3.05) is 0 Å². The molecule has 0 bridgehead atoms. The highest BCUT2D eigenvalue weighted by molar-refractivity contribution is 5.85. The zero-order valence-electron chi connectivity index (χ0n) is 12.3. The van der Waals surface area contributed by atoms with Gasteiger partial charge in [0.2, 0.25) is 0 Å². The van der Waals surface area contributed by atoms with E-state index in [1.165, 1.54) is 0 Å². The Hall–Kier alpha value is -2.33. The van der Waals surface area contributed by atoms with Crippen molar-refractivity contribution < 1.29 is 5.11 Å². The summed E-state index contributed by atoms with van der Waals surface area (Å²) in [6.07, 6.45) is 5.09. The van der Waals surface area contributed by atoms with Crippen LogP contribution < -0.4 is 0 Å². The number of nitrogens with zero attached hydrogens (tertiary/aromatic N) is 3. The monoisotopic (exact) mass is 279 g/mol. The predicted octanol–water partition coefficient (Wildman–Crippen LogP) is 3.23. The molecule has 2 aromatic heterocycles. The van der Waals surface area contributed by atoms with E-state index in [2.05, 4.69) is 21.0 Å². The van der Waals surface area contributed by atoms with Gasteiger partial charge < -0.3 is 5.11 Å². The van der Waals surface area contributed by atoms with Gasteiger partial charge in [-0.3, -0.25) is 15.0 Å². The first-order chi connectivity index (χ1) is 9.95. The molecule has 21 heavy (non-hydrogen) atoms. The lowest BCUT2D eigenvalue weighted by Crippen LogP contribution is -2.17. The number of hydrogen-bond donors (Lipinski definition) is 1. The zero-order chi connectivity index (χ0) is 15.0. The minimum Gasteiger partial charge on any atom is -0.384 e. The molecule has 0 atom stereocenters. The van der Waals surface area contributed by atoms with Crippen molar-refractivity contribution >= 4 is 10.9 Å². The second kappa shape index (κ2) is 4.90. The molecule has 0 unspecified atom stereocenters. The fourth-order valence-electron chi connectivity index (χ4n) is 2.25. The maximum atomic E-state index is 9.91. The van der Waals surface area contributed by atoms with Gasteiger partial charge in [0.05, 0.1) is 29.3 Å². The molecule has 0 spiro atoms. The molecule has 0 fully saturated rings. The standard InChI is InChI=1S/C17H17N3O/c1-11-5-4-6-12-7-13(8-20-16(11)12)14-9-19-15(10-18-14)17(2,3)21/h4-10,21H,1-3H3. The number of aromatic nitrogens is 3. The lowest BCUT2D eigenvalue weighted by atomic mass is 10.1. The summed E-state index contributed by atoms with van der Waals surface area (Å²) >= 11 is 0. The largest absolute Gasteiger partial charge is 0.384 e. The summed E-state index contributed by atoms with van der Waals surface area (Å²) in [5.41, 5.74) is 3.40. The Bertz CT molecular complexity index is 789. The summed E-state index contributed by atoms with van der Waals surface area (Å²) in [4.78, 5) is 13.2. The first-order valence-electron chi connectivity index (χ1n) is 6.86. The average molecular weight is 279 g/mol. The SMILES string of the molecule is Cc1cccc2cc(-c3cnc(C(C)(C)O)cn3)cnc12. The predicted molar refractivity (Wildman–Crippen MR) is 82.8 cm³/mol. The summed E-state index contributed by atoms with van der Waals surface area (Å²) < 4.78 is 0. The van der Waals surface area contributed by atoms with Crippen LogP contribution in [0.15, 0.2) is 42.9 Å². The summed E-state index contributed by atoms with van der Waals surface area (Å²) in [5, 5.41) is 11.0. The molecule has 1 N–H and O–H groups in total. The Kier molecular flexibility index (Phi) is 3.18. The van der Waals surface area contributed by atoms with Crippen LogP contribution in [0.4, 0.5) is 0 Å². The van der Waals surface area contributed by atoms with Crippen molar-refractivity contribution in [2.45, 2.75) is 26.4 Å². The van der Waals surface area contributed by atoms with Crippen molar-refractivity contribution in [3.8, 4) is 11.3 Å². The molecule has 106 valence electrons. The van der Waals surface area contributed by atoms with Crippen molar-refractivity contribution in [1.82, 2.24) is 15.0 Å². The van der Waals surface area contributed by atoms with Crippen molar-refractivity contribution in [1.29, 1.82) is 0 Å². The molecule has 4 nitrogen and oxygen atoms in total. The molecule has 2 heterocycles. The fraction of sp³-hybridized carbons (Fsp3) is 0.235. The van der Waals surface area contributed by atoms with Crippen LogP contribution in [0.1, 0.15) is 25.1 Å². The van der Waals surface area contributed by atoms with Gasteiger partial charge in [-0.15, -0.1) is 0 Å². The Morgan fingerprint density at radius 1 is 1.00 bits per heavy atom. The number of hydrogen-bond acceptors (Lipinski definition) is 4. The number of benzene rings is 1. The van der Waals surface area contributed by atoms with Crippen molar-refractivity contribution in [3.05, 3.63) is 54.1 Å². The Morgan fingerprint density at radius 3 is 2.48 bits per heavy atom. The van der Waals surface area contributed by atoms with Gasteiger partial charge in [0, 0.05) is 17.1 Å². The number of aliphatic hydroxyl groups is 1. The van der Waals surface area contributed by atoms with Gasteiger partial charge in [0.1, 0.15) is 5.60 Å². The van der Waals surface area contributed by atoms with Gasteiger partial charge in [-0.2, -0.15) is 0 Å². The Labute approximate surface area is 123 Å². The van der Waals surface area contributed by atoms with E-state index in [0.29, 0.717) is 5.69 Å². The summed E-state index contributed by atoms with van der Waals surface area (Å²) in [5.74, 6) is 0. The molecular formula is C17H17N3O. The smallest absolute Gasteiger partial charge is 0.102 e. The van der Waals surface area contributed by atoms with Crippen LogP contribution in [0, 0.1) is 6.92 Å². The van der Waals surface area contributed by atoms with Crippen molar-refractivity contribution in [2.24, 2.45) is 0 Å². The second-order valence-electron chi connectivity index (χ2n) is 5.72. The molecule has 0 saturated carbocycles. The van der Waals surface area contributed by atoms with E-state index in [0.717, 1.165) is 27.7 Å². The lowest BCUT2D eigenvalue weighted by molar-refractivity contribution is 0.0734. The first kappa shape index (κ1) is 13.6. The molecule has 3 rings (SSSR count). The molecule has 0 amide bonds. The summed E-state index contributed by atoms with van der Waals surface area (Å²) in [6.45, 7) is 5.43. The summed E-state index contributed by atoms with van der Waals surface area (Å²) in [6, 6.07) is 8.17. The third-order valence-corrected chi connectivity index (χ3v) is 3.49. The Balaban J connectivity index is 2.04. The van der Waals surface area contributed by atoms with E-state index in [-0.39, 0.29) is 0 Å². The van der Waals surface area contributed by atoms with E-state index in [1.54, 1.807) is 26.2 Å². The minimum absolute atomic E-state index is 0.552. The van der Waals surface area contributed by atoms with E-state index in [4.69, 9.17) is 0 Å². The van der Waals surface area contributed by atoms with Crippen LogP contribution in [0.3, 0.4) is 0 Å². The van der Waals surface area contributed by atoms with Gasteiger partial charge in [0.15, 0.2) is 0 Å². The van der Waals surface area contributed by atoms with E-state index in [1.807, 2.05) is 31.3 Å². The molecule has 0 aliphatic carbocycles. The first-order valence-corrected chi connectivity index (χ1v) is 6.86.